The first-order chi connectivity index (χ1) is 45.1. The van der Waals surface area contributed by atoms with Crippen LogP contribution in [0.1, 0.15) is 376 Å². The quantitative estimate of drug-likeness (QED) is 0.0222. The predicted molar refractivity (Wildman–Crippen MR) is 381 cm³/mol. The second-order valence-corrected chi connectivity index (χ2v) is 31.6. The van der Waals surface area contributed by atoms with Gasteiger partial charge in [0.15, 0.2) is 12.2 Å². The van der Waals surface area contributed by atoms with Gasteiger partial charge in [0.1, 0.15) is 19.3 Å². The van der Waals surface area contributed by atoms with Crippen molar-refractivity contribution in [3.8, 4) is 0 Å². The summed E-state index contributed by atoms with van der Waals surface area (Å²) in [4.78, 5) is 72.7. The van der Waals surface area contributed by atoms with E-state index in [-0.39, 0.29) is 25.7 Å². The minimum atomic E-state index is -4.96. The van der Waals surface area contributed by atoms with E-state index in [1.807, 2.05) is 0 Å². The van der Waals surface area contributed by atoms with E-state index in [9.17, 15) is 43.2 Å². The molecule has 6 atom stereocenters. The molecule has 558 valence electrons. The van der Waals surface area contributed by atoms with Gasteiger partial charge in [-0.3, -0.25) is 37.3 Å². The summed E-state index contributed by atoms with van der Waals surface area (Å²) in [6.45, 7) is 14.2. The number of rotatable bonds is 72. The molecule has 0 bridgehead atoms. The number of carbonyl (C=O) groups is 4. The highest BCUT2D eigenvalue weighted by Crippen LogP contribution is 2.45. The SMILES string of the molecule is CCC(C)CCCCCCCCCCC(=O)O[C@H](COC(=O)CCCCCCCCCCCCCCCCCCC(C)C)COP(=O)(O)OCC(O)COP(=O)(O)OC[C@@H](COC(=O)CCCCCCCCCC(C)C)OC(=O)CCCCCCCCCCCCC(C)C. The van der Waals surface area contributed by atoms with Gasteiger partial charge in [-0.2, -0.15) is 0 Å². The highest BCUT2D eigenvalue weighted by molar-refractivity contribution is 7.47. The summed E-state index contributed by atoms with van der Waals surface area (Å²) in [5.41, 5.74) is 0. The molecular weight excluding hydrogens is 1230 g/mol. The van der Waals surface area contributed by atoms with Gasteiger partial charge in [-0.05, 0) is 49.4 Å². The maximum absolute atomic E-state index is 13.1. The minimum Gasteiger partial charge on any atom is -0.462 e. The number of phosphoric acid groups is 2. The second kappa shape index (κ2) is 64.4. The van der Waals surface area contributed by atoms with Gasteiger partial charge in [-0.25, -0.2) is 9.13 Å². The topological polar surface area (TPSA) is 237 Å². The van der Waals surface area contributed by atoms with Crippen molar-refractivity contribution in [3.05, 3.63) is 0 Å². The molecule has 0 radical (unpaired) electrons. The molecular formula is C75H146O17P2. The zero-order chi connectivity index (χ0) is 69.6. The lowest BCUT2D eigenvalue weighted by Crippen LogP contribution is -2.30. The van der Waals surface area contributed by atoms with E-state index in [1.54, 1.807) is 0 Å². The molecule has 0 saturated heterocycles. The lowest BCUT2D eigenvalue weighted by Gasteiger charge is -2.21. The lowest BCUT2D eigenvalue weighted by molar-refractivity contribution is -0.161. The number of phosphoric ester groups is 2. The van der Waals surface area contributed by atoms with Crippen LogP contribution >= 0.6 is 15.6 Å². The van der Waals surface area contributed by atoms with Gasteiger partial charge >= 0.3 is 39.5 Å². The number of carbonyl (C=O) groups excluding carboxylic acids is 4. The highest BCUT2D eigenvalue weighted by Gasteiger charge is 2.30. The van der Waals surface area contributed by atoms with Gasteiger partial charge in [0.05, 0.1) is 26.4 Å². The van der Waals surface area contributed by atoms with Gasteiger partial charge in [-0.1, -0.05) is 325 Å². The molecule has 0 rings (SSSR count). The molecule has 0 aliphatic heterocycles. The predicted octanol–water partition coefficient (Wildman–Crippen LogP) is 21.7. The average molecular weight is 1380 g/mol. The first-order valence-corrected chi connectivity index (χ1v) is 41.7. The van der Waals surface area contributed by atoms with Gasteiger partial charge in [0.25, 0.3) is 0 Å². The molecule has 17 nitrogen and oxygen atoms in total. The van der Waals surface area contributed by atoms with Gasteiger partial charge in [0, 0.05) is 25.7 Å². The number of unbranched alkanes of at least 4 members (excludes halogenated alkanes) is 37. The number of hydrogen-bond acceptors (Lipinski definition) is 15. The number of ether oxygens (including phenoxy) is 4. The molecule has 0 saturated carbocycles. The van der Waals surface area contributed by atoms with Gasteiger partial charge in [0.2, 0.25) is 0 Å². The van der Waals surface area contributed by atoms with Crippen LogP contribution in [0.4, 0.5) is 0 Å². The fourth-order valence-electron chi connectivity index (χ4n) is 11.3. The molecule has 94 heavy (non-hydrogen) atoms. The third kappa shape index (κ3) is 67.3. The van der Waals surface area contributed by atoms with Crippen LogP contribution in [0.5, 0.6) is 0 Å². The summed E-state index contributed by atoms with van der Waals surface area (Å²) in [6.07, 6.45) is 48.7. The molecule has 0 aromatic rings. The fraction of sp³-hybridized carbons (Fsp3) is 0.947. The molecule has 0 aromatic heterocycles. The molecule has 0 heterocycles. The molecule has 0 aromatic carbocycles. The third-order valence-electron chi connectivity index (χ3n) is 17.7. The Bertz CT molecular complexity index is 1850. The van der Waals surface area contributed by atoms with Crippen molar-refractivity contribution < 1.29 is 80.2 Å². The standard InChI is InChI=1S/C75H146O17P2/c1-9-68(8)54-46-38-30-24-25-33-42-50-58-75(80)92-70(61-85-72(77)55-47-39-31-22-17-15-13-11-10-12-14-16-20-27-35-43-51-65(2)3)63-89-93(81,82)87-59-69(76)60-88-94(83,84)90-64-71(62-86-73(78)56-48-40-34-26-29-37-45-53-67(6)7)91-74(79)57-49-41-32-23-19-18-21-28-36-44-52-66(4)5/h65-71,76H,9-64H2,1-8H3,(H,81,82)(H,83,84)/t68?,69?,70-,71-/m1/s1. The van der Waals surface area contributed by atoms with E-state index in [2.05, 4.69) is 55.4 Å². The van der Waals surface area contributed by atoms with Crippen LogP contribution in [0.2, 0.25) is 0 Å². The monoisotopic (exact) mass is 1380 g/mol. The van der Waals surface area contributed by atoms with Crippen molar-refractivity contribution in [2.45, 2.75) is 395 Å². The Morgan fingerprint density at radius 1 is 0.298 bits per heavy atom. The van der Waals surface area contributed by atoms with E-state index in [1.165, 1.54) is 173 Å². The fourth-order valence-corrected chi connectivity index (χ4v) is 12.9. The average Bonchev–Trinajstić information content (AvgIpc) is 1.19. The van der Waals surface area contributed by atoms with Crippen molar-refractivity contribution in [3.63, 3.8) is 0 Å². The van der Waals surface area contributed by atoms with Crippen LogP contribution in [0.15, 0.2) is 0 Å². The van der Waals surface area contributed by atoms with Crippen LogP contribution in [0.3, 0.4) is 0 Å². The van der Waals surface area contributed by atoms with Crippen LogP contribution in [-0.4, -0.2) is 96.7 Å². The van der Waals surface area contributed by atoms with Crippen LogP contribution in [0.25, 0.3) is 0 Å². The first-order valence-electron chi connectivity index (χ1n) is 38.7. The Labute approximate surface area is 575 Å². The van der Waals surface area contributed by atoms with E-state index in [0.717, 1.165) is 114 Å². The number of esters is 4. The van der Waals surface area contributed by atoms with E-state index in [0.29, 0.717) is 31.6 Å². The number of aliphatic hydroxyl groups excluding tert-OH is 1. The van der Waals surface area contributed by atoms with Crippen molar-refractivity contribution in [2.75, 3.05) is 39.6 Å². The summed E-state index contributed by atoms with van der Waals surface area (Å²) in [5, 5.41) is 10.6. The summed E-state index contributed by atoms with van der Waals surface area (Å²) in [6, 6.07) is 0. The summed E-state index contributed by atoms with van der Waals surface area (Å²) in [5.74, 6) is 0.914. The molecule has 0 aliphatic carbocycles. The maximum atomic E-state index is 13.1. The van der Waals surface area contributed by atoms with Crippen molar-refractivity contribution >= 4 is 39.5 Å². The Hall–Kier alpha value is -1.94. The Morgan fingerprint density at radius 3 is 0.755 bits per heavy atom. The number of aliphatic hydroxyl groups is 1. The highest BCUT2D eigenvalue weighted by atomic mass is 31.2. The third-order valence-corrected chi connectivity index (χ3v) is 19.6. The molecule has 0 spiro atoms. The molecule has 0 amide bonds. The summed E-state index contributed by atoms with van der Waals surface area (Å²) in [7, 11) is -9.91. The van der Waals surface area contributed by atoms with Crippen molar-refractivity contribution in [2.24, 2.45) is 23.7 Å². The van der Waals surface area contributed by atoms with Gasteiger partial charge in [-0.15, -0.1) is 0 Å². The van der Waals surface area contributed by atoms with E-state index in [4.69, 9.17) is 37.0 Å². The molecule has 0 fully saturated rings. The lowest BCUT2D eigenvalue weighted by atomic mass is 9.99. The van der Waals surface area contributed by atoms with Crippen molar-refractivity contribution in [1.82, 2.24) is 0 Å². The molecule has 4 unspecified atom stereocenters. The van der Waals surface area contributed by atoms with Crippen LogP contribution in [-0.2, 0) is 65.4 Å². The largest absolute Gasteiger partial charge is 0.472 e. The van der Waals surface area contributed by atoms with Crippen LogP contribution < -0.4 is 0 Å². The Kier molecular flexibility index (Phi) is 63.1. The minimum absolute atomic E-state index is 0.105. The van der Waals surface area contributed by atoms with Crippen LogP contribution in [0, 0.1) is 23.7 Å². The Balaban J connectivity index is 5.21. The number of hydrogen-bond donors (Lipinski definition) is 3. The zero-order valence-corrected chi connectivity index (χ0v) is 63.4. The Morgan fingerprint density at radius 2 is 0.511 bits per heavy atom. The first kappa shape index (κ1) is 92.1. The van der Waals surface area contributed by atoms with E-state index >= 15 is 0 Å². The smallest absolute Gasteiger partial charge is 0.462 e. The summed E-state index contributed by atoms with van der Waals surface area (Å²) < 4.78 is 68.5. The normalized spacial score (nSPS) is 14.4. The molecule has 19 heteroatoms. The maximum Gasteiger partial charge on any atom is 0.472 e. The van der Waals surface area contributed by atoms with Gasteiger partial charge < -0.3 is 33.8 Å². The summed E-state index contributed by atoms with van der Waals surface area (Å²) >= 11 is 0. The molecule has 0 aliphatic rings. The van der Waals surface area contributed by atoms with Crippen molar-refractivity contribution in [1.29, 1.82) is 0 Å². The second-order valence-electron chi connectivity index (χ2n) is 28.7. The van der Waals surface area contributed by atoms with E-state index < -0.39 is 97.5 Å². The zero-order valence-electron chi connectivity index (χ0n) is 61.6. The molecule has 3 N–H and O–H groups in total.